The van der Waals surface area contributed by atoms with Gasteiger partial charge in [-0.25, -0.2) is 13.6 Å². The first-order valence-corrected chi connectivity index (χ1v) is 8.41. The topological polar surface area (TPSA) is 68.5 Å². The van der Waals surface area contributed by atoms with Crippen LogP contribution in [-0.4, -0.2) is 15.6 Å². The number of ether oxygens (including phenoxy) is 1. The fraction of sp³-hybridized carbons (Fsp3) is 0.143. The van der Waals surface area contributed by atoms with Gasteiger partial charge in [-0.1, -0.05) is 6.07 Å². The Hall–Kier alpha value is -3.48. The van der Waals surface area contributed by atoms with Crippen molar-refractivity contribution in [3.8, 4) is 11.4 Å². The Morgan fingerprint density at radius 1 is 1.11 bits per heavy atom. The lowest BCUT2D eigenvalue weighted by Crippen LogP contribution is -2.21. The van der Waals surface area contributed by atoms with E-state index in [1.165, 1.54) is 22.8 Å². The molecule has 2 aromatic carbocycles. The Kier molecular flexibility index (Phi) is 5.26. The molecule has 0 saturated heterocycles. The summed E-state index contributed by atoms with van der Waals surface area (Å²) in [6.45, 7) is 3.15. The summed E-state index contributed by atoms with van der Waals surface area (Å²) >= 11 is 0. The zero-order chi connectivity index (χ0) is 20.4. The van der Waals surface area contributed by atoms with Crippen LogP contribution in [-0.2, 0) is 6.61 Å². The second-order valence-corrected chi connectivity index (χ2v) is 6.29. The van der Waals surface area contributed by atoms with E-state index in [2.05, 4.69) is 0 Å². The first-order valence-electron chi connectivity index (χ1n) is 8.41. The number of aromatic nitrogens is 1. The number of hydrogen-bond acceptors (Lipinski definition) is 3. The molecule has 0 amide bonds. The second-order valence-electron chi connectivity index (χ2n) is 6.29. The molecule has 7 heteroatoms. The van der Waals surface area contributed by atoms with Gasteiger partial charge < -0.3 is 9.84 Å². The number of pyridine rings is 1. The predicted molar refractivity (Wildman–Crippen MR) is 99.2 cm³/mol. The van der Waals surface area contributed by atoms with E-state index in [1.54, 1.807) is 32.0 Å². The zero-order valence-corrected chi connectivity index (χ0v) is 15.2. The number of rotatable bonds is 5. The highest BCUT2D eigenvalue weighted by molar-refractivity contribution is 5.90. The van der Waals surface area contributed by atoms with Gasteiger partial charge in [0.1, 0.15) is 24.0 Å². The number of aromatic carboxylic acids is 1. The average Bonchev–Trinajstić information content (AvgIpc) is 2.61. The smallest absolute Gasteiger partial charge is 0.336 e. The average molecular weight is 385 g/mol. The van der Waals surface area contributed by atoms with Crippen LogP contribution < -0.4 is 10.3 Å². The van der Waals surface area contributed by atoms with E-state index < -0.39 is 23.2 Å². The minimum atomic E-state index is -1.08. The Labute approximate surface area is 159 Å². The molecule has 3 aromatic rings. The molecule has 0 saturated carbocycles. The standard InChI is InChI=1S/C21H17F2NO4/c1-12-8-16(28-11-14-6-7-15(22)9-18(14)23)10-20(25)24(12)19-5-3-4-17(13(19)2)21(26)27/h3-10H,11H2,1-2H3,(H,26,27). The minimum absolute atomic E-state index is 0.107. The molecule has 0 radical (unpaired) electrons. The first-order chi connectivity index (χ1) is 13.3. The summed E-state index contributed by atoms with van der Waals surface area (Å²) in [6, 6.07) is 10.7. The van der Waals surface area contributed by atoms with Crippen molar-refractivity contribution in [2.24, 2.45) is 0 Å². The molecule has 1 N–H and O–H groups in total. The van der Waals surface area contributed by atoms with Crippen LogP contribution in [0.25, 0.3) is 5.69 Å². The summed E-state index contributed by atoms with van der Waals surface area (Å²) in [5.41, 5.74) is 1.29. The maximum atomic E-state index is 13.7. The molecule has 0 bridgehead atoms. The fourth-order valence-electron chi connectivity index (χ4n) is 2.96. The summed E-state index contributed by atoms with van der Waals surface area (Å²) in [6.07, 6.45) is 0. The number of carboxylic acids is 1. The van der Waals surface area contributed by atoms with Crippen LogP contribution in [0.2, 0.25) is 0 Å². The molecule has 5 nitrogen and oxygen atoms in total. The number of aryl methyl sites for hydroxylation is 1. The molecule has 1 aromatic heterocycles. The lowest BCUT2D eigenvalue weighted by atomic mass is 10.1. The molecule has 144 valence electrons. The molecule has 0 aliphatic rings. The van der Waals surface area contributed by atoms with E-state index in [4.69, 9.17) is 4.74 Å². The van der Waals surface area contributed by atoms with Crippen LogP contribution in [0.5, 0.6) is 5.75 Å². The van der Waals surface area contributed by atoms with E-state index >= 15 is 0 Å². The summed E-state index contributed by atoms with van der Waals surface area (Å²) in [5.74, 6) is -2.26. The lowest BCUT2D eigenvalue weighted by Gasteiger charge is -2.15. The number of carbonyl (C=O) groups is 1. The monoisotopic (exact) mass is 385 g/mol. The van der Waals surface area contributed by atoms with Crippen molar-refractivity contribution in [3.63, 3.8) is 0 Å². The predicted octanol–water partition coefficient (Wildman–Crippen LogP) is 4.01. The van der Waals surface area contributed by atoms with Gasteiger partial charge >= 0.3 is 5.97 Å². The van der Waals surface area contributed by atoms with E-state index in [-0.39, 0.29) is 23.5 Å². The molecule has 28 heavy (non-hydrogen) atoms. The molecule has 0 aliphatic heterocycles. The number of carboxylic acid groups (broad SMARTS) is 1. The second kappa shape index (κ2) is 7.64. The van der Waals surface area contributed by atoms with E-state index in [1.807, 2.05) is 0 Å². The van der Waals surface area contributed by atoms with Crippen molar-refractivity contribution in [3.05, 3.63) is 92.9 Å². The quantitative estimate of drug-likeness (QED) is 0.721. The van der Waals surface area contributed by atoms with Gasteiger partial charge in [-0.3, -0.25) is 9.36 Å². The van der Waals surface area contributed by atoms with Crippen molar-refractivity contribution in [2.75, 3.05) is 0 Å². The first kappa shape index (κ1) is 19.3. The van der Waals surface area contributed by atoms with E-state index in [0.29, 0.717) is 16.9 Å². The van der Waals surface area contributed by atoms with Gasteiger partial charge in [-0.2, -0.15) is 0 Å². The molecule has 1 heterocycles. The molecule has 3 rings (SSSR count). The van der Waals surface area contributed by atoms with Gasteiger partial charge in [0.2, 0.25) is 0 Å². The number of hydrogen-bond donors (Lipinski definition) is 1. The molecule has 0 aliphatic carbocycles. The summed E-state index contributed by atoms with van der Waals surface area (Å²) in [5, 5.41) is 9.28. The highest BCUT2D eigenvalue weighted by Crippen LogP contribution is 2.21. The van der Waals surface area contributed by atoms with E-state index in [9.17, 15) is 23.5 Å². The minimum Gasteiger partial charge on any atom is -0.489 e. The van der Waals surface area contributed by atoms with Crippen molar-refractivity contribution >= 4 is 5.97 Å². The third-order valence-electron chi connectivity index (χ3n) is 4.38. The van der Waals surface area contributed by atoms with Gasteiger partial charge in [0.25, 0.3) is 5.56 Å². The van der Waals surface area contributed by atoms with Crippen LogP contribution in [0.4, 0.5) is 8.78 Å². The van der Waals surface area contributed by atoms with Gasteiger partial charge in [0, 0.05) is 29.5 Å². The number of nitrogens with zero attached hydrogens (tertiary/aromatic N) is 1. The molecular weight excluding hydrogens is 368 g/mol. The highest BCUT2D eigenvalue weighted by atomic mass is 19.1. The van der Waals surface area contributed by atoms with Gasteiger partial charge in [0.15, 0.2) is 0 Å². The highest BCUT2D eigenvalue weighted by Gasteiger charge is 2.14. The van der Waals surface area contributed by atoms with Crippen LogP contribution in [0.1, 0.15) is 27.2 Å². The molecule has 0 fully saturated rings. The van der Waals surface area contributed by atoms with Crippen molar-refractivity contribution in [1.82, 2.24) is 4.57 Å². The van der Waals surface area contributed by atoms with Crippen molar-refractivity contribution in [1.29, 1.82) is 0 Å². The van der Waals surface area contributed by atoms with Gasteiger partial charge in [-0.15, -0.1) is 0 Å². The largest absolute Gasteiger partial charge is 0.489 e. The van der Waals surface area contributed by atoms with Gasteiger partial charge in [0.05, 0.1) is 11.3 Å². The van der Waals surface area contributed by atoms with Crippen LogP contribution >= 0.6 is 0 Å². The summed E-state index contributed by atoms with van der Waals surface area (Å²) < 4.78 is 33.6. The molecule has 0 spiro atoms. The van der Waals surface area contributed by atoms with Gasteiger partial charge in [-0.05, 0) is 43.7 Å². The molecule has 0 atom stereocenters. The fourth-order valence-corrected chi connectivity index (χ4v) is 2.96. The SMILES string of the molecule is Cc1c(C(=O)O)cccc1-n1c(C)cc(OCc2ccc(F)cc2F)cc1=O. The van der Waals surface area contributed by atoms with Crippen LogP contribution in [0, 0.1) is 25.5 Å². The number of halogens is 2. The normalized spacial score (nSPS) is 10.7. The summed E-state index contributed by atoms with van der Waals surface area (Å²) in [7, 11) is 0. The van der Waals surface area contributed by atoms with Crippen molar-refractivity contribution in [2.45, 2.75) is 20.5 Å². The third kappa shape index (κ3) is 3.78. The molecule has 0 unspecified atom stereocenters. The summed E-state index contributed by atoms with van der Waals surface area (Å²) in [4.78, 5) is 24.0. The Morgan fingerprint density at radius 3 is 2.50 bits per heavy atom. The Bertz CT molecular complexity index is 1120. The maximum Gasteiger partial charge on any atom is 0.336 e. The Morgan fingerprint density at radius 2 is 1.86 bits per heavy atom. The third-order valence-corrected chi connectivity index (χ3v) is 4.38. The molecular formula is C21H17F2NO4. The number of benzene rings is 2. The van der Waals surface area contributed by atoms with Crippen LogP contribution in [0.3, 0.4) is 0 Å². The maximum absolute atomic E-state index is 13.7. The lowest BCUT2D eigenvalue weighted by molar-refractivity contribution is 0.0696. The van der Waals surface area contributed by atoms with E-state index in [0.717, 1.165) is 12.1 Å². The van der Waals surface area contributed by atoms with Crippen LogP contribution in [0.15, 0.2) is 53.3 Å². The Balaban J connectivity index is 1.93. The zero-order valence-electron chi connectivity index (χ0n) is 15.2. The van der Waals surface area contributed by atoms with Crippen molar-refractivity contribution < 1.29 is 23.4 Å².